The molecule has 0 amide bonds. The fourth-order valence-electron chi connectivity index (χ4n) is 6.36. The van der Waals surface area contributed by atoms with E-state index < -0.39 is 18.8 Å². The normalized spacial score (nSPS) is 20.6. The summed E-state index contributed by atoms with van der Waals surface area (Å²) < 4.78 is 19.8. The van der Waals surface area contributed by atoms with Crippen LogP contribution in [-0.4, -0.2) is 26.2 Å². The second kappa shape index (κ2) is 9.71. The Morgan fingerprint density at radius 1 is 1.03 bits per heavy atom. The van der Waals surface area contributed by atoms with Gasteiger partial charge in [0, 0.05) is 0 Å². The Morgan fingerprint density at radius 3 is 2.14 bits per heavy atom. The molecule has 3 nitrogen and oxygen atoms in total. The van der Waals surface area contributed by atoms with Gasteiger partial charge in [-0.15, -0.1) is 0 Å². The SMILES string of the molecule is COC(=O)[C@@]1(c2cccc(F)c2C)CC[C@H](CC(C)(C)[Si](O)(c2ccccc2)c2ccccc2)C1. The first kappa shape index (κ1) is 25.3. The maximum Gasteiger partial charge on any atom is 0.316 e. The highest BCUT2D eigenvalue weighted by molar-refractivity contribution is 6.98. The van der Waals surface area contributed by atoms with E-state index in [0.29, 0.717) is 18.4 Å². The fourth-order valence-corrected chi connectivity index (χ4v) is 10.2. The van der Waals surface area contributed by atoms with Gasteiger partial charge in [-0.2, -0.15) is 0 Å². The van der Waals surface area contributed by atoms with Crippen LogP contribution in [0.15, 0.2) is 78.9 Å². The molecule has 0 saturated heterocycles. The largest absolute Gasteiger partial charge is 0.468 e. The zero-order chi connectivity index (χ0) is 25.3. The molecule has 4 rings (SSSR count). The second-order valence-electron chi connectivity index (χ2n) is 10.6. The molecule has 1 N–H and O–H groups in total. The molecule has 35 heavy (non-hydrogen) atoms. The monoisotopic (exact) mass is 490 g/mol. The van der Waals surface area contributed by atoms with E-state index in [1.165, 1.54) is 13.2 Å². The van der Waals surface area contributed by atoms with Crippen LogP contribution in [0.5, 0.6) is 0 Å². The zero-order valence-corrected chi connectivity index (χ0v) is 22.1. The maximum atomic E-state index is 14.5. The van der Waals surface area contributed by atoms with Crippen LogP contribution in [0.1, 0.15) is 50.7 Å². The summed E-state index contributed by atoms with van der Waals surface area (Å²) in [7, 11) is -1.74. The van der Waals surface area contributed by atoms with Gasteiger partial charge in [0.2, 0.25) is 0 Å². The van der Waals surface area contributed by atoms with Gasteiger partial charge < -0.3 is 9.53 Å². The van der Waals surface area contributed by atoms with Gasteiger partial charge in [0.1, 0.15) is 5.82 Å². The van der Waals surface area contributed by atoms with Crippen molar-refractivity contribution in [2.24, 2.45) is 5.92 Å². The smallest absolute Gasteiger partial charge is 0.316 e. The molecule has 0 heterocycles. The molecule has 2 atom stereocenters. The molecule has 1 aliphatic carbocycles. The van der Waals surface area contributed by atoms with Crippen molar-refractivity contribution in [2.75, 3.05) is 7.11 Å². The lowest BCUT2D eigenvalue weighted by molar-refractivity contribution is -0.147. The lowest BCUT2D eigenvalue weighted by Crippen LogP contribution is -2.65. The van der Waals surface area contributed by atoms with Crippen LogP contribution in [0.25, 0.3) is 0 Å². The van der Waals surface area contributed by atoms with E-state index in [-0.39, 0.29) is 17.7 Å². The molecule has 1 saturated carbocycles. The summed E-state index contributed by atoms with van der Waals surface area (Å²) in [5, 5.41) is 1.55. The summed E-state index contributed by atoms with van der Waals surface area (Å²) in [6.07, 6.45) is 2.78. The Labute approximate surface area is 209 Å². The van der Waals surface area contributed by atoms with Crippen LogP contribution in [-0.2, 0) is 14.9 Å². The molecule has 0 aliphatic heterocycles. The van der Waals surface area contributed by atoms with Gasteiger partial charge in [-0.25, -0.2) is 4.39 Å². The lowest BCUT2D eigenvalue weighted by atomic mass is 9.75. The lowest BCUT2D eigenvalue weighted by Gasteiger charge is -2.43. The predicted octanol–water partition coefficient (Wildman–Crippen LogP) is 5.27. The van der Waals surface area contributed by atoms with Gasteiger partial charge in [0.15, 0.2) is 0 Å². The predicted molar refractivity (Wildman–Crippen MR) is 141 cm³/mol. The Kier molecular flexibility index (Phi) is 7.03. The number of benzene rings is 3. The topological polar surface area (TPSA) is 46.5 Å². The standard InChI is InChI=1S/C30H35FO3Si/c1-22-26(16-11-17-27(22)31)30(28(32)34-4)19-18-23(21-30)20-29(2,3)35(33,24-12-7-5-8-13-24)25-14-9-6-10-15-25/h5-17,23,33H,18-21H2,1-4H3/t23-,30+/m1/s1. The van der Waals surface area contributed by atoms with Crippen molar-refractivity contribution in [1.29, 1.82) is 0 Å². The van der Waals surface area contributed by atoms with Crippen LogP contribution in [0.3, 0.4) is 0 Å². The Morgan fingerprint density at radius 2 is 1.60 bits per heavy atom. The minimum Gasteiger partial charge on any atom is -0.468 e. The van der Waals surface area contributed by atoms with Crippen LogP contribution in [0.2, 0.25) is 5.04 Å². The summed E-state index contributed by atoms with van der Waals surface area (Å²) in [5.41, 5.74) is 0.376. The molecule has 3 aromatic carbocycles. The van der Waals surface area contributed by atoms with Gasteiger partial charge in [-0.1, -0.05) is 86.6 Å². The molecule has 184 valence electrons. The van der Waals surface area contributed by atoms with E-state index in [9.17, 15) is 14.0 Å². The van der Waals surface area contributed by atoms with Crippen molar-refractivity contribution in [3.63, 3.8) is 0 Å². The van der Waals surface area contributed by atoms with Crippen molar-refractivity contribution in [3.8, 4) is 0 Å². The summed E-state index contributed by atoms with van der Waals surface area (Å²) in [6, 6.07) is 25.0. The van der Waals surface area contributed by atoms with Crippen molar-refractivity contribution in [2.45, 2.75) is 56.9 Å². The van der Waals surface area contributed by atoms with E-state index in [2.05, 4.69) is 13.8 Å². The van der Waals surface area contributed by atoms with E-state index in [1.807, 2.05) is 66.7 Å². The molecular weight excluding hydrogens is 455 g/mol. The number of halogens is 1. The molecule has 0 radical (unpaired) electrons. The van der Waals surface area contributed by atoms with E-state index >= 15 is 0 Å². The highest BCUT2D eigenvalue weighted by atomic mass is 28.4. The molecule has 0 bridgehead atoms. The molecule has 5 heteroatoms. The van der Waals surface area contributed by atoms with Gasteiger partial charge in [-0.3, -0.25) is 4.79 Å². The third kappa shape index (κ3) is 4.36. The maximum absolute atomic E-state index is 14.5. The van der Waals surface area contributed by atoms with Gasteiger partial charge >= 0.3 is 5.97 Å². The van der Waals surface area contributed by atoms with Gasteiger partial charge in [0.05, 0.1) is 12.5 Å². The number of ether oxygens (including phenoxy) is 1. The molecule has 0 aromatic heterocycles. The second-order valence-corrected chi connectivity index (χ2v) is 14.6. The first-order valence-corrected chi connectivity index (χ1v) is 14.3. The number of hydrogen-bond donors (Lipinski definition) is 1. The summed E-state index contributed by atoms with van der Waals surface area (Å²) >= 11 is 0. The summed E-state index contributed by atoms with van der Waals surface area (Å²) in [4.78, 5) is 25.7. The number of methoxy groups -OCH3 is 1. The van der Waals surface area contributed by atoms with Crippen LogP contribution >= 0.6 is 0 Å². The quantitative estimate of drug-likeness (QED) is 0.363. The zero-order valence-electron chi connectivity index (χ0n) is 21.1. The number of hydrogen-bond acceptors (Lipinski definition) is 3. The van der Waals surface area contributed by atoms with E-state index in [4.69, 9.17) is 4.74 Å². The van der Waals surface area contributed by atoms with Crippen molar-refractivity contribution in [3.05, 3.63) is 95.8 Å². The molecular formula is C30H35FO3Si. The summed E-state index contributed by atoms with van der Waals surface area (Å²) in [6.45, 7) is 6.05. The molecule has 1 fully saturated rings. The van der Waals surface area contributed by atoms with E-state index in [0.717, 1.165) is 28.8 Å². The van der Waals surface area contributed by atoms with Crippen molar-refractivity contribution < 1.29 is 18.7 Å². The average molecular weight is 491 g/mol. The number of rotatable bonds is 7. The number of carbonyl (C=O) groups excluding carboxylic acids is 1. The van der Waals surface area contributed by atoms with Crippen molar-refractivity contribution >= 4 is 24.7 Å². The average Bonchev–Trinajstić information content (AvgIpc) is 3.29. The molecule has 3 aromatic rings. The molecule has 0 spiro atoms. The highest BCUT2D eigenvalue weighted by Crippen LogP contribution is 2.52. The Hall–Kier alpha value is -2.76. The number of esters is 1. The molecule has 1 aliphatic rings. The Bertz CT molecular complexity index is 1140. The van der Waals surface area contributed by atoms with Gasteiger partial charge in [-0.05, 0) is 71.1 Å². The van der Waals surface area contributed by atoms with Crippen molar-refractivity contribution in [1.82, 2.24) is 0 Å². The highest BCUT2D eigenvalue weighted by Gasteiger charge is 2.54. The minimum atomic E-state index is -3.15. The van der Waals surface area contributed by atoms with Crippen LogP contribution in [0, 0.1) is 18.7 Å². The first-order chi connectivity index (χ1) is 16.7. The van der Waals surface area contributed by atoms with Crippen LogP contribution < -0.4 is 10.4 Å². The fraction of sp³-hybridized carbons (Fsp3) is 0.367. The Balaban J connectivity index is 1.71. The number of carbonyl (C=O) groups is 1. The molecule has 0 unspecified atom stereocenters. The van der Waals surface area contributed by atoms with E-state index in [1.54, 1.807) is 13.0 Å². The summed E-state index contributed by atoms with van der Waals surface area (Å²) in [5.74, 6) is -0.409. The third-order valence-electron chi connectivity index (χ3n) is 8.14. The van der Waals surface area contributed by atoms with Gasteiger partial charge in [0.25, 0.3) is 8.32 Å². The van der Waals surface area contributed by atoms with Crippen LogP contribution in [0.4, 0.5) is 4.39 Å². The third-order valence-corrected chi connectivity index (χ3v) is 12.6. The minimum absolute atomic E-state index is 0.193. The first-order valence-electron chi connectivity index (χ1n) is 12.3.